The highest BCUT2D eigenvalue weighted by molar-refractivity contribution is 7.13. The summed E-state index contributed by atoms with van der Waals surface area (Å²) in [6.45, 7) is 3.62. The SMILES string of the molecule is CCc1c(-c2cccc(NC(C)=O)c2)cnc(N)c1-c1cccs1. The molecule has 3 rings (SSSR count). The number of pyridine rings is 1. The minimum Gasteiger partial charge on any atom is -0.383 e. The lowest BCUT2D eigenvalue weighted by molar-refractivity contribution is -0.114. The minimum absolute atomic E-state index is 0.0856. The van der Waals surface area contributed by atoms with Crippen LogP contribution in [0.4, 0.5) is 11.5 Å². The molecule has 0 bridgehead atoms. The van der Waals surface area contributed by atoms with Crippen LogP contribution in [0.15, 0.2) is 48.0 Å². The summed E-state index contributed by atoms with van der Waals surface area (Å²) in [5, 5.41) is 4.86. The molecule has 0 aliphatic carbocycles. The van der Waals surface area contributed by atoms with E-state index in [1.807, 2.05) is 41.9 Å². The van der Waals surface area contributed by atoms with Crippen molar-refractivity contribution in [2.24, 2.45) is 0 Å². The van der Waals surface area contributed by atoms with Crippen molar-refractivity contribution in [1.82, 2.24) is 4.98 Å². The van der Waals surface area contributed by atoms with Crippen molar-refractivity contribution in [2.45, 2.75) is 20.3 Å². The van der Waals surface area contributed by atoms with E-state index in [0.29, 0.717) is 5.82 Å². The number of rotatable bonds is 4. The van der Waals surface area contributed by atoms with E-state index in [4.69, 9.17) is 5.73 Å². The number of nitrogen functional groups attached to an aromatic ring is 1. The van der Waals surface area contributed by atoms with E-state index in [9.17, 15) is 4.79 Å². The third-order valence-electron chi connectivity index (χ3n) is 3.83. The van der Waals surface area contributed by atoms with Crippen LogP contribution in [0.1, 0.15) is 19.4 Å². The summed E-state index contributed by atoms with van der Waals surface area (Å²) >= 11 is 1.66. The number of nitrogens with one attached hydrogen (secondary N) is 1. The number of hydrogen-bond donors (Lipinski definition) is 2. The molecule has 122 valence electrons. The molecule has 5 heteroatoms. The van der Waals surface area contributed by atoms with Gasteiger partial charge in [0.15, 0.2) is 0 Å². The summed E-state index contributed by atoms with van der Waals surface area (Å²) in [6.07, 6.45) is 2.66. The number of nitrogens with zero attached hydrogens (tertiary/aromatic N) is 1. The van der Waals surface area contributed by atoms with Gasteiger partial charge in [0.2, 0.25) is 5.91 Å². The lowest BCUT2D eigenvalue weighted by Crippen LogP contribution is -2.05. The van der Waals surface area contributed by atoms with Gasteiger partial charge in [0, 0.05) is 34.8 Å². The average Bonchev–Trinajstić information content (AvgIpc) is 3.08. The predicted octanol–water partition coefficient (Wildman–Crippen LogP) is 4.58. The molecule has 0 saturated carbocycles. The summed E-state index contributed by atoms with van der Waals surface area (Å²) in [6, 6.07) is 11.9. The second-order valence-corrected chi connectivity index (χ2v) is 6.45. The number of thiophene rings is 1. The first-order valence-electron chi connectivity index (χ1n) is 7.79. The molecule has 1 amide bonds. The number of amides is 1. The summed E-state index contributed by atoms with van der Waals surface area (Å²) < 4.78 is 0. The fourth-order valence-electron chi connectivity index (χ4n) is 2.85. The van der Waals surface area contributed by atoms with E-state index in [1.165, 1.54) is 12.5 Å². The summed E-state index contributed by atoms with van der Waals surface area (Å²) in [5.41, 5.74) is 11.2. The molecule has 0 unspecified atom stereocenters. The average molecular weight is 337 g/mol. The Morgan fingerprint density at radius 3 is 2.79 bits per heavy atom. The van der Waals surface area contributed by atoms with Crippen LogP contribution in [0.25, 0.3) is 21.6 Å². The van der Waals surface area contributed by atoms with Crippen molar-refractivity contribution in [2.75, 3.05) is 11.1 Å². The maximum atomic E-state index is 11.3. The molecule has 0 aliphatic heterocycles. The van der Waals surface area contributed by atoms with Crippen molar-refractivity contribution in [3.8, 4) is 21.6 Å². The molecule has 2 heterocycles. The van der Waals surface area contributed by atoms with Gasteiger partial charge in [-0.25, -0.2) is 4.98 Å². The maximum Gasteiger partial charge on any atom is 0.221 e. The Morgan fingerprint density at radius 1 is 1.29 bits per heavy atom. The summed E-state index contributed by atoms with van der Waals surface area (Å²) in [7, 11) is 0. The first-order chi connectivity index (χ1) is 11.6. The Balaban J connectivity index is 2.15. The van der Waals surface area contributed by atoms with Gasteiger partial charge in [-0.1, -0.05) is 25.1 Å². The van der Waals surface area contributed by atoms with Crippen LogP contribution in [-0.2, 0) is 11.2 Å². The molecule has 0 fully saturated rings. The Bertz CT molecular complexity index is 872. The lowest BCUT2D eigenvalue weighted by Gasteiger charge is -2.15. The molecule has 0 saturated heterocycles. The third kappa shape index (κ3) is 3.16. The number of hydrogen-bond acceptors (Lipinski definition) is 4. The van der Waals surface area contributed by atoms with Gasteiger partial charge in [-0.2, -0.15) is 0 Å². The normalized spacial score (nSPS) is 10.6. The molecule has 3 N–H and O–H groups in total. The number of carbonyl (C=O) groups excluding carboxylic acids is 1. The fourth-order valence-corrected chi connectivity index (χ4v) is 3.65. The standard InChI is InChI=1S/C19H19N3OS/c1-3-15-16(13-6-4-7-14(10-13)22-12(2)23)11-21-19(20)18(15)17-8-5-9-24-17/h4-11H,3H2,1-2H3,(H2,20,21)(H,22,23). The van der Waals surface area contributed by atoms with Crippen molar-refractivity contribution in [1.29, 1.82) is 0 Å². The smallest absolute Gasteiger partial charge is 0.221 e. The monoisotopic (exact) mass is 337 g/mol. The summed E-state index contributed by atoms with van der Waals surface area (Å²) in [4.78, 5) is 16.8. The first kappa shape index (κ1) is 16.2. The second-order valence-electron chi connectivity index (χ2n) is 5.50. The molecular weight excluding hydrogens is 318 g/mol. The quantitative estimate of drug-likeness (QED) is 0.732. The lowest BCUT2D eigenvalue weighted by atomic mass is 9.94. The molecule has 0 atom stereocenters. The Morgan fingerprint density at radius 2 is 2.12 bits per heavy atom. The zero-order valence-electron chi connectivity index (χ0n) is 13.7. The zero-order valence-corrected chi connectivity index (χ0v) is 14.5. The molecule has 0 radical (unpaired) electrons. The number of carbonyl (C=O) groups is 1. The highest BCUT2D eigenvalue weighted by atomic mass is 32.1. The number of anilines is 2. The van der Waals surface area contributed by atoms with Gasteiger partial charge in [0.25, 0.3) is 0 Å². The molecular formula is C19H19N3OS. The largest absolute Gasteiger partial charge is 0.383 e. The molecule has 0 aliphatic rings. The van der Waals surface area contributed by atoms with Gasteiger partial charge in [-0.3, -0.25) is 4.79 Å². The van der Waals surface area contributed by atoms with Gasteiger partial charge >= 0.3 is 0 Å². The molecule has 4 nitrogen and oxygen atoms in total. The van der Waals surface area contributed by atoms with Crippen molar-refractivity contribution in [3.63, 3.8) is 0 Å². The van der Waals surface area contributed by atoms with Crippen LogP contribution < -0.4 is 11.1 Å². The molecule has 24 heavy (non-hydrogen) atoms. The molecule has 3 aromatic rings. The highest BCUT2D eigenvalue weighted by Crippen LogP contribution is 2.38. The van der Waals surface area contributed by atoms with E-state index in [-0.39, 0.29) is 5.91 Å². The predicted molar refractivity (Wildman–Crippen MR) is 101 cm³/mol. The first-order valence-corrected chi connectivity index (χ1v) is 8.67. The summed E-state index contributed by atoms with van der Waals surface area (Å²) in [5.74, 6) is 0.466. The van der Waals surface area contributed by atoms with E-state index < -0.39 is 0 Å². The van der Waals surface area contributed by atoms with Crippen LogP contribution in [0.3, 0.4) is 0 Å². The van der Waals surface area contributed by atoms with Crippen LogP contribution in [0, 0.1) is 0 Å². The molecule has 2 aromatic heterocycles. The second kappa shape index (κ2) is 6.84. The molecule has 1 aromatic carbocycles. The molecule has 0 spiro atoms. The van der Waals surface area contributed by atoms with Crippen molar-refractivity contribution in [3.05, 3.63) is 53.5 Å². The topological polar surface area (TPSA) is 68.0 Å². The zero-order chi connectivity index (χ0) is 17.1. The Labute approximate surface area is 145 Å². The van der Waals surface area contributed by atoms with E-state index in [1.54, 1.807) is 11.3 Å². The number of aromatic nitrogens is 1. The minimum atomic E-state index is -0.0856. The van der Waals surface area contributed by atoms with Crippen LogP contribution in [-0.4, -0.2) is 10.9 Å². The van der Waals surface area contributed by atoms with Crippen LogP contribution >= 0.6 is 11.3 Å². The van der Waals surface area contributed by atoms with E-state index in [2.05, 4.69) is 23.3 Å². The van der Waals surface area contributed by atoms with Crippen LogP contribution in [0.5, 0.6) is 0 Å². The van der Waals surface area contributed by atoms with Gasteiger partial charge in [-0.05, 0) is 41.1 Å². The van der Waals surface area contributed by atoms with Gasteiger partial charge in [0.1, 0.15) is 5.82 Å². The van der Waals surface area contributed by atoms with E-state index >= 15 is 0 Å². The van der Waals surface area contributed by atoms with Crippen molar-refractivity contribution >= 4 is 28.7 Å². The van der Waals surface area contributed by atoms with Crippen molar-refractivity contribution < 1.29 is 4.79 Å². The Hall–Kier alpha value is -2.66. The van der Waals surface area contributed by atoms with Crippen LogP contribution in [0.2, 0.25) is 0 Å². The van der Waals surface area contributed by atoms with Gasteiger partial charge < -0.3 is 11.1 Å². The van der Waals surface area contributed by atoms with Gasteiger partial charge in [-0.15, -0.1) is 11.3 Å². The Kier molecular flexibility index (Phi) is 4.62. The fraction of sp³-hybridized carbons (Fsp3) is 0.158. The maximum absolute atomic E-state index is 11.3. The number of nitrogens with two attached hydrogens (primary N) is 1. The third-order valence-corrected chi connectivity index (χ3v) is 4.72. The highest BCUT2D eigenvalue weighted by Gasteiger charge is 2.16. The van der Waals surface area contributed by atoms with Gasteiger partial charge in [0.05, 0.1) is 0 Å². The van der Waals surface area contributed by atoms with E-state index in [0.717, 1.165) is 33.7 Å². The number of benzene rings is 1.